The molecule has 0 spiro atoms. The van der Waals surface area contributed by atoms with E-state index in [0.717, 1.165) is 5.69 Å². The highest BCUT2D eigenvalue weighted by molar-refractivity contribution is 6.64. The number of hydrogen-bond acceptors (Lipinski definition) is 2. The molecule has 0 aliphatic rings. The van der Waals surface area contributed by atoms with Crippen molar-refractivity contribution in [1.82, 2.24) is 0 Å². The van der Waals surface area contributed by atoms with Gasteiger partial charge in [0.05, 0.1) is 6.54 Å². The Kier molecular flexibility index (Phi) is 3.38. The summed E-state index contributed by atoms with van der Waals surface area (Å²) in [5.74, 6) is 0. The Balaban J connectivity index is 2.53. The van der Waals surface area contributed by atoms with E-state index in [1.54, 1.807) is 24.3 Å². The van der Waals surface area contributed by atoms with Crippen LogP contribution in [0.5, 0.6) is 0 Å². The second kappa shape index (κ2) is 4.33. The van der Waals surface area contributed by atoms with Gasteiger partial charge in [-0.15, -0.1) is 0 Å². The molecule has 0 aliphatic carbocycles. The van der Waals surface area contributed by atoms with Crippen molar-refractivity contribution in [2.75, 3.05) is 11.9 Å². The Labute approximate surface area is 80.5 Å². The van der Waals surface area contributed by atoms with Crippen molar-refractivity contribution in [3.8, 4) is 0 Å². The monoisotopic (exact) mass is 203 g/mol. The molecule has 4 heteroatoms. The summed E-state index contributed by atoms with van der Waals surface area (Å²) in [6.45, 7) is 0.128. The molecule has 1 rings (SSSR count). The van der Waals surface area contributed by atoms with Crippen LogP contribution >= 0.6 is 23.2 Å². The molecule has 1 aromatic rings. The van der Waals surface area contributed by atoms with Crippen LogP contribution in [0.3, 0.4) is 0 Å². The van der Waals surface area contributed by atoms with E-state index in [4.69, 9.17) is 23.2 Å². The molecule has 12 heavy (non-hydrogen) atoms. The van der Waals surface area contributed by atoms with Gasteiger partial charge in [0, 0.05) is 10.7 Å². The summed E-state index contributed by atoms with van der Waals surface area (Å²) < 4.78 is 0. The third-order valence-corrected chi connectivity index (χ3v) is 1.66. The first kappa shape index (κ1) is 9.36. The molecule has 0 fully saturated rings. The Hall–Kier alpha value is -0.730. The lowest BCUT2D eigenvalue weighted by Gasteiger charge is -2.01. The van der Waals surface area contributed by atoms with E-state index >= 15 is 0 Å². The van der Waals surface area contributed by atoms with E-state index in [-0.39, 0.29) is 6.54 Å². The van der Waals surface area contributed by atoms with Crippen LogP contribution < -0.4 is 5.32 Å². The zero-order valence-electron chi connectivity index (χ0n) is 6.18. The summed E-state index contributed by atoms with van der Waals surface area (Å²) in [6.07, 6.45) is 0. The number of carbonyl (C=O) groups excluding carboxylic acids is 1. The van der Waals surface area contributed by atoms with E-state index in [1.807, 2.05) is 0 Å². The Morgan fingerprint density at radius 2 is 1.92 bits per heavy atom. The smallest absolute Gasteiger partial charge is 0.240 e. The number of nitrogens with one attached hydrogen (secondary N) is 1. The minimum atomic E-state index is -0.412. The second-order valence-corrected chi connectivity index (χ2v) is 3.07. The molecule has 0 amide bonds. The Morgan fingerprint density at radius 3 is 2.42 bits per heavy atom. The molecular weight excluding hydrogens is 197 g/mol. The van der Waals surface area contributed by atoms with Crippen molar-refractivity contribution in [2.24, 2.45) is 0 Å². The molecule has 0 aromatic heterocycles. The van der Waals surface area contributed by atoms with Crippen molar-refractivity contribution in [3.05, 3.63) is 29.3 Å². The maximum Gasteiger partial charge on any atom is 0.240 e. The van der Waals surface area contributed by atoms with Gasteiger partial charge in [0.2, 0.25) is 5.24 Å². The summed E-state index contributed by atoms with van der Waals surface area (Å²) in [5, 5.41) is 3.08. The van der Waals surface area contributed by atoms with Crippen LogP contribution in [0.15, 0.2) is 24.3 Å². The third-order valence-electron chi connectivity index (χ3n) is 1.28. The lowest BCUT2D eigenvalue weighted by molar-refractivity contribution is -0.110. The fourth-order valence-electron chi connectivity index (χ4n) is 0.739. The predicted octanol–water partition coefficient (Wildman–Crippen LogP) is 2.52. The number of benzene rings is 1. The standard InChI is InChI=1S/C8H7Cl2NO/c9-6-1-3-7(4-2-6)11-5-8(10)12/h1-4,11H,5H2. The van der Waals surface area contributed by atoms with Crippen LogP contribution in [0, 0.1) is 0 Å². The minimum Gasteiger partial charge on any atom is -0.377 e. The lowest BCUT2D eigenvalue weighted by atomic mass is 10.3. The Morgan fingerprint density at radius 1 is 1.33 bits per heavy atom. The molecule has 2 nitrogen and oxygen atoms in total. The highest BCUT2D eigenvalue weighted by Gasteiger charge is 1.95. The first-order valence-corrected chi connectivity index (χ1v) is 4.12. The molecule has 0 saturated carbocycles. The summed E-state index contributed by atoms with van der Waals surface area (Å²) >= 11 is 10.8. The highest BCUT2D eigenvalue weighted by Crippen LogP contribution is 2.12. The van der Waals surface area contributed by atoms with Crippen LogP contribution in [0.2, 0.25) is 5.02 Å². The van der Waals surface area contributed by atoms with E-state index in [9.17, 15) is 4.79 Å². The van der Waals surface area contributed by atoms with E-state index < -0.39 is 5.24 Å². The van der Waals surface area contributed by atoms with Crippen molar-refractivity contribution in [1.29, 1.82) is 0 Å². The van der Waals surface area contributed by atoms with Gasteiger partial charge in [0.1, 0.15) is 0 Å². The SMILES string of the molecule is O=C(Cl)CNc1ccc(Cl)cc1. The van der Waals surface area contributed by atoms with Crippen LogP contribution in [-0.2, 0) is 4.79 Å². The molecular formula is C8H7Cl2NO. The lowest BCUT2D eigenvalue weighted by Crippen LogP contribution is -2.07. The topological polar surface area (TPSA) is 29.1 Å². The normalized spacial score (nSPS) is 9.50. The van der Waals surface area contributed by atoms with Gasteiger partial charge in [0.25, 0.3) is 0 Å². The summed E-state index contributed by atoms with van der Waals surface area (Å²) in [6, 6.07) is 7.04. The summed E-state index contributed by atoms with van der Waals surface area (Å²) in [5.41, 5.74) is 0.827. The van der Waals surface area contributed by atoms with Gasteiger partial charge >= 0.3 is 0 Å². The van der Waals surface area contributed by atoms with Crippen molar-refractivity contribution in [3.63, 3.8) is 0 Å². The molecule has 1 aromatic carbocycles. The maximum atomic E-state index is 10.4. The average molecular weight is 204 g/mol. The van der Waals surface area contributed by atoms with Crippen LogP contribution in [0.25, 0.3) is 0 Å². The molecule has 0 aliphatic heterocycles. The van der Waals surface area contributed by atoms with Gasteiger partial charge in [-0.05, 0) is 35.9 Å². The van der Waals surface area contributed by atoms with Crippen LogP contribution in [-0.4, -0.2) is 11.8 Å². The first-order chi connectivity index (χ1) is 5.68. The van der Waals surface area contributed by atoms with Gasteiger partial charge in [0.15, 0.2) is 0 Å². The number of anilines is 1. The van der Waals surface area contributed by atoms with E-state index in [0.29, 0.717) is 5.02 Å². The Bertz CT molecular complexity index is 271. The summed E-state index contributed by atoms with van der Waals surface area (Å²) in [7, 11) is 0. The fraction of sp³-hybridized carbons (Fsp3) is 0.125. The largest absolute Gasteiger partial charge is 0.377 e. The number of hydrogen-bond donors (Lipinski definition) is 1. The average Bonchev–Trinajstić information content (AvgIpc) is 2.03. The molecule has 0 bridgehead atoms. The first-order valence-electron chi connectivity index (χ1n) is 3.36. The van der Waals surface area contributed by atoms with Crippen LogP contribution in [0.1, 0.15) is 0 Å². The van der Waals surface area contributed by atoms with Crippen molar-refractivity contribution >= 4 is 34.1 Å². The van der Waals surface area contributed by atoms with Gasteiger partial charge in [-0.25, -0.2) is 0 Å². The third kappa shape index (κ3) is 3.11. The highest BCUT2D eigenvalue weighted by atomic mass is 35.5. The molecule has 0 unspecified atom stereocenters. The van der Waals surface area contributed by atoms with Gasteiger partial charge in [-0.1, -0.05) is 11.6 Å². The second-order valence-electron chi connectivity index (χ2n) is 2.22. The van der Waals surface area contributed by atoms with E-state index in [2.05, 4.69) is 5.32 Å². The molecule has 0 saturated heterocycles. The zero-order valence-corrected chi connectivity index (χ0v) is 7.69. The van der Waals surface area contributed by atoms with Crippen LogP contribution in [0.4, 0.5) is 5.69 Å². The predicted molar refractivity (Wildman–Crippen MR) is 50.8 cm³/mol. The summed E-state index contributed by atoms with van der Waals surface area (Å²) in [4.78, 5) is 10.4. The van der Waals surface area contributed by atoms with Crippen molar-refractivity contribution < 1.29 is 4.79 Å². The minimum absolute atomic E-state index is 0.128. The number of rotatable bonds is 3. The fourth-order valence-corrected chi connectivity index (χ4v) is 0.932. The molecule has 0 atom stereocenters. The quantitative estimate of drug-likeness (QED) is 0.766. The molecule has 0 heterocycles. The van der Waals surface area contributed by atoms with Crippen molar-refractivity contribution in [2.45, 2.75) is 0 Å². The van der Waals surface area contributed by atoms with E-state index in [1.165, 1.54) is 0 Å². The number of carbonyl (C=O) groups is 1. The molecule has 64 valence electrons. The molecule has 0 radical (unpaired) electrons. The number of halogens is 2. The maximum absolute atomic E-state index is 10.4. The van der Waals surface area contributed by atoms with Gasteiger partial charge in [-0.3, -0.25) is 4.79 Å². The molecule has 1 N–H and O–H groups in total. The zero-order chi connectivity index (χ0) is 8.97. The van der Waals surface area contributed by atoms with Gasteiger partial charge < -0.3 is 5.32 Å². The van der Waals surface area contributed by atoms with Gasteiger partial charge in [-0.2, -0.15) is 0 Å².